The summed E-state index contributed by atoms with van der Waals surface area (Å²) in [5.74, 6) is 0.797. The van der Waals surface area contributed by atoms with Crippen LogP contribution in [0.25, 0.3) is 22.1 Å². The van der Waals surface area contributed by atoms with Gasteiger partial charge in [-0.2, -0.15) is 0 Å². The van der Waals surface area contributed by atoms with E-state index in [0.717, 1.165) is 42.4 Å². The molecular formula is C22H25N5O3S. The van der Waals surface area contributed by atoms with Crippen molar-refractivity contribution in [2.45, 2.75) is 49.1 Å². The molecule has 162 valence electrons. The monoisotopic (exact) mass is 439 g/mol. The van der Waals surface area contributed by atoms with Gasteiger partial charge in [0.05, 0.1) is 23.2 Å². The Morgan fingerprint density at radius 3 is 2.55 bits per heavy atom. The number of benzene rings is 1. The van der Waals surface area contributed by atoms with Crippen LogP contribution in [0, 0.1) is 0 Å². The Bertz CT molecular complexity index is 1340. The smallest absolute Gasteiger partial charge is 0.269 e. The SMILES string of the molecule is NC1CCC(n2c(CCO)nc3cnc4c(ccn4S(=O)(=O)c4ccccc4)c32)CC1. The second-order valence-corrected chi connectivity index (χ2v) is 9.91. The Morgan fingerprint density at radius 2 is 1.84 bits per heavy atom. The highest BCUT2D eigenvalue weighted by Gasteiger charge is 2.27. The van der Waals surface area contributed by atoms with E-state index in [1.54, 1.807) is 48.8 Å². The molecule has 0 aliphatic heterocycles. The van der Waals surface area contributed by atoms with Crippen molar-refractivity contribution in [3.05, 3.63) is 54.6 Å². The van der Waals surface area contributed by atoms with Crippen LogP contribution >= 0.6 is 0 Å². The van der Waals surface area contributed by atoms with Gasteiger partial charge in [0.2, 0.25) is 0 Å². The summed E-state index contributed by atoms with van der Waals surface area (Å²) in [4.78, 5) is 9.40. The van der Waals surface area contributed by atoms with Crippen LogP contribution in [-0.2, 0) is 16.4 Å². The number of aliphatic hydroxyl groups is 1. The van der Waals surface area contributed by atoms with Gasteiger partial charge in [-0.15, -0.1) is 0 Å². The molecule has 3 N–H and O–H groups in total. The Balaban J connectivity index is 1.72. The highest BCUT2D eigenvalue weighted by Crippen LogP contribution is 2.35. The third-order valence-electron chi connectivity index (χ3n) is 6.14. The number of fused-ring (bicyclic) bond motifs is 3. The number of aromatic nitrogens is 4. The van der Waals surface area contributed by atoms with Gasteiger partial charge in [0.25, 0.3) is 10.0 Å². The Labute approximate surface area is 180 Å². The molecule has 0 atom stereocenters. The minimum Gasteiger partial charge on any atom is -0.396 e. The van der Waals surface area contributed by atoms with Crippen molar-refractivity contribution >= 4 is 32.1 Å². The molecule has 4 aromatic rings. The summed E-state index contributed by atoms with van der Waals surface area (Å²) in [7, 11) is -3.77. The summed E-state index contributed by atoms with van der Waals surface area (Å²) < 4.78 is 29.9. The third-order valence-corrected chi connectivity index (χ3v) is 7.82. The number of aliphatic hydroxyl groups excluding tert-OH is 1. The molecule has 0 amide bonds. The minimum absolute atomic E-state index is 0.00444. The van der Waals surface area contributed by atoms with Gasteiger partial charge in [0.1, 0.15) is 11.3 Å². The summed E-state index contributed by atoms with van der Waals surface area (Å²) >= 11 is 0. The average molecular weight is 440 g/mol. The Hall–Kier alpha value is -2.75. The van der Waals surface area contributed by atoms with Crippen LogP contribution in [0.15, 0.2) is 53.7 Å². The maximum Gasteiger partial charge on any atom is 0.269 e. The van der Waals surface area contributed by atoms with E-state index in [9.17, 15) is 13.5 Å². The van der Waals surface area contributed by atoms with E-state index in [0.29, 0.717) is 17.6 Å². The first-order valence-electron chi connectivity index (χ1n) is 10.5. The number of rotatable bonds is 5. The number of imidazole rings is 1. The molecule has 1 saturated carbocycles. The number of nitrogens with two attached hydrogens (primary N) is 1. The van der Waals surface area contributed by atoms with E-state index in [2.05, 4.69) is 9.55 Å². The first-order valence-corrected chi connectivity index (χ1v) is 12.0. The van der Waals surface area contributed by atoms with Crippen LogP contribution < -0.4 is 5.73 Å². The van der Waals surface area contributed by atoms with Crippen LogP contribution in [-0.4, -0.2) is 44.7 Å². The van der Waals surface area contributed by atoms with E-state index < -0.39 is 10.0 Å². The van der Waals surface area contributed by atoms with Crippen molar-refractivity contribution in [3.63, 3.8) is 0 Å². The second kappa shape index (κ2) is 7.74. The number of hydrogen-bond donors (Lipinski definition) is 2. The fourth-order valence-corrected chi connectivity index (χ4v) is 5.95. The summed E-state index contributed by atoms with van der Waals surface area (Å²) in [6.45, 7) is -0.00444. The molecule has 0 bridgehead atoms. The van der Waals surface area contributed by atoms with Crippen molar-refractivity contribution in [2.24, 2.45) is 5.73 Å². The Kier molecular flexibility index (Phi) is 5.04. The molecule has 1 aliphatic carbocycles. The molecule has 9 heteroatoms. The van der Waals surface area contributed by atoms with Crippen LogP contribution in [0.3, 0.4) is 0 Å². The highest BCUT2D eigenvalue weighted by atomic mass is 32.2. The number of nitrogens with zero attached hydrogens (tertiary/aromatic N) is 4. The van der Waals surface area contributed by atoms with Gasteiger partial charge in [-0.05, 0) is 43.9 Å². The van der Waals surface area contributed by atoms with Gasteiger partial charge in [-0.1, -0.05) is 18.2 Å². The molecule has 8 nitrogen and oxygen atoms in total. The molecule has 0 radical (unpaired) electrons. The van der Waals surface area contributed by atoms with Gasteiger partial charge >= 0.3 is 0 Å². The van der Waals surface area contributed by atoms with Crippen LogP contribution in [0.5, 0.6) is 0 Å². The van der Waals surface area contributed by atoms with Gasteiger partial charge in [-0.3, -0.25) is 0 Å². The van der Waals surface area contributed by atoms with E-state index in [1.807, 2.05) is 0 Å². The molecule has 3 heterocycles. The van der Waals surface area contributed by atoms with Crippen LogP contribution in [0.4, 0.5) is 0 Å². The lowest BCUT2D eigenvalue weighted by molar-refractivity contribution is 0.284. The summed E-state index contributed by atoms with van der Waals surface area (Å²) in [6, 6.07) is 10.6. The predicted molar refractivity (Wildman–Crippen MR) is 118 cm³/mol. The summed E-state index contributed by atoms with van der Waals surface area (Å²) in [5, 5.41) is 10.3. The lowest BCUT2D eigenvalue weighted by atomic mass is 9.91. The van der Waals surface area contributed by atoms with Gasteiger partial charge < -0.3 is 15.4 Å². The molecule has 5 rings (SSSR count). The van der Waals surface area contributed by atoms with Gasteiger partial charge in [0, 0.05) is 30.1 Å². The van der Waals surface area contributed by atoms with Crippen molar-refractivity contribution in [3.8, 4) is 0 Å². The molecule has 1 aliphatic rings. The van der Waals surface area contributed by atoms with Crippen LogP contribution in [0.1, 0.15) is 37.5 Å². The fourth-order valence-electron chi connectivity index (χ4n) is 4.63. The second-order valence-electron chi connectivity index (χ2n) is 8.10. The van der Waals surface area contributed by atoms with E-state index >= 15 is 0 Å². The van der Waals surface area contributed by atoms with Crippen LogP contribution in [0.2, 0.25) is 0 Å². The van der Waals surface area contributed by atoms with E-state index in [4.69, 9.17) is 10.7 Å². The van der Waals surface area contributed by atoms with Crippen molar-refractivity contribution < 1.29 is 13.5 Å². The quantitative estimate of drug-likeness (QED) is 0.494. The molecular weight excluding hydrogens is 414 g/mol. The predicted octanol–water partition coefficient (Wildman–Crippen LogP) is 2.60. The van der Waals surface area contributed by atoms with Crippen molar-refractivity contribution in [1.29, 1.82) is 0 Å². The molecule has 0 unspecified atom stereocenters. The molecule has 1 aromatic carbocycles. The fraction of sp³-hybridized carbons (Fsp3) is 0.364. The lowest BCUT2D eigenvalue weighted by Crippen LogP contribution is -2.28. The first-order chi connectivity index (χ1) is 15.0. The zero-order chi connectivity index (χ0) is 21.6. The highest BCUT2D eigenvalue weighted by molar-refractivity contribution is 7.90. The van der Waals surface area contributed by atoms with Gasteiger partial charge in [0.15, 0.2) is 5.65 Å². The number of pyridine rings is 1. The molecule has 1 fully saturated rings. The van der Waals surface area contributed by atoms with Gasteiger partial charge in [-0.25, -0.2) is 22.4 Å². The first kappa shape index (κ1) is 20.2. The van der Waals surface area contributed by atoms with Crippen molar-refractivity contribution in [2.75, 3.05) is 6.61 Å². The minimum atomic E-state index is -3.77. The zero-order valence-electron chi connectivity index (χ0n) is 17.1. The molecule has 3 aromatic heterocycles. The summed E-state index contributed by atoms with van der Waals surface area (Å²) in [6.07, 6.45) is 7.33. The Morgan fingerprint density at radius 1 is 1.10 bits per heavy atom. The largest absolute Gasteiger partial charge is 0.396 e. The normalized spacial score (nSPS) is 19.9. The molecule has 0 spiro atoms. The average Bonchev–Trinajstić information content (AvgIpc) is 3.37. The topological polar surface area (TPSA) is 116 Å². The maximum atomic E-state index is 13.2. The lowest BCUT2D eigenvalue weighted by Gasteiger charge is -2.29. The summed E-state index contributed by atoms with van der Waals surface area (Å²) in [5.41, 5.74) is 8.07. The zero-order valence-corrected chi connectivity index (χ0v) is 17.9. The van der Waals surface area contributed by atoms with E-state index in [1.165, 1.54) is 3.97 Å². The molecule has 31 heavy (non-hydrogen) atoms. The molecule has 0 saturated heterocycles. The van der Waals surface area contributed by atoms with Crippen molar-refractivity contribution in [1.82, 2.24) is 18.5 Å². The number of hydrogen-bond acceptors (Lipinski definition) is 6. The standard InChI is InChI=1S/C22H25N5O3S/c23-15-6-8-16(9-7-15)27-20(11-13-28)25-19-14-24-22-18(21(19)27)10-12-26(22)31(29,30)17-4-2-1-3-5-17/h1-5,10,12,14-16,28H,6-9,11,13,23H2. The van der Waals surface area contributed by atoms with E-state index in [-0.39, 0.29) is 23.6 Å². The third kappa shape index (κ3) is 3.33. The maximum absolute atomic E-state index is 13.2.